The molecule has 3 aromatic rings. The van der Waals surface area contributed by atoms with Crippen molar-refractivity contribution in [1.82, 2.24) is 0 Å². The summed E-state index contributed by atoms with van der Waals surface area (Å²) >= 11 is 0. The molecular weight excluding hydrogens is 502 g/mol. The third kappa shape index (κ3) is 11.0. The van der Waals surface area contributed by atoms with E-state index in [2.05, 4.69) is 29.8 Å². The van der Waals surface area contributed by atoms with E-state index in [1.54, 1.807) is 0 Å². The van der Waals surface area contributed by atoms with Gasteiger partial charge in [0.15, 0.2) is 0 Å². The fourth-order valence-corrected chi connectivity index (χ4v) is 3.98. The van der Waals surface area contributed by atoms with Gasteiger partial charge in [-0.1, -0.05) is 83.6 Å². The molecule has 3 rings (SSSR count). The molecule has 0 aliphatic rings. The molecule has 3 N–H and O–H groups in total. The van der Waals surface area contributed by atoms with Gasteiger partial charge < -0.3 is 20.1 Å². The predicted octanol–water partition coefficient (Wildman–Crippen LogP) is 9.33. The van der Waals surface area contributed by atoms with Crippen LogP contribution in [-0.2, 0) is 4.74 Å². The van der Waals surface area contributed by atoms with Gasteiger partial charge in [0.2, 0.25) is 0 Å². The molecule has 0 aliphatic carbocycles. The standard InChI is InChI=1S/C33H43N3O4/c1-4-6-7-8-9-10-23-39-31-21-19-29(20-22-31)35-32(37)34-28-15-11-26(12-16-28)27-13-17-30(18-14-27)36-33(38)40-24-25(3)5-2/h11-22,25H,4-10,23-24H2,1-3H3,(H,36,38)(H2,34,35,37). The number of ether oxygens (including phenoxy) is 2. The number of urea groups is 1. The van der Waals surface area contributed by atoms with E-state index in [4.69, 9.17) is 9.47 Å². The van der Waals surface area contributed by atoms with Gasteiger partial charge in [0, 0.05) is 17.1 Å². The number of unbranched alkanes of at least 4 members (excludes halogenated alkanes) is 5. The van der Waals surface area contributed by atoms with Crippen LogP contribution in [0.2, 0.25) is 0 Å². The lowest BCUT2D eigenvalue weighted by Crippen LogP contribution is -2.19. The first-order valence-electron chi connectivity index (χ1n) is 14.4. The van der Waals surface area contributed by atoms with Gasteiger partial charge in [-0.2, -0.15) is 0 Å². The average molecular weight is 546 g/mol. The maximum absolute atomic E-state index is 12.5. The van der Waals surface area contributed by atoms with Gasteiger partial charge in [-0.15, -0.1) is 0 Å². The zero-order chi connectivity index (χ0) is 28.6. The second kappa shape index (κ2) is 16.9. The number of nitrogens with one attached hydrogen (secondary N) is 3. The highest BCUT2D eigenvalue weighted by Crippen LogP contribution is 2.24. The summed E-state index contributed by atoms with van der Waals surface area (Å²) in [7, 11) is 0. The molecule has 0 bridgehead atoms. The molecule has 3 aromatic carbocycles. The van der Waals surface area contributed by atoms with Crippen molar-refractivity contribution in [3.05, 3.63) is 72.8 Å². The number of hydrogen-bond donors (Lipinski definition) is 3. The van der Waals surface area contributed by atoms with Crippen LogP contribution >= 0.6 is 0 Å². The monoisotopic (exact) mass is 545 g/mol. The van der Waals surface area contributed by atoms with Gasteiger partial charge in [0.1, 0.15) is 5.75 Å². The van der Waals surface area contributed by atoms with Gasteiger partial charge in [0.25, 0.3) is 0 Å². The number of anilines is 3. The maximum Gasteiger partial charge on any atom is 0.411 e. The minimum absolute atomic E-state index is 0.316. The van der Waals surface area contributed by atoms with Crippen LogP contribution < -0.4 is 20.7 Å². The Balaban J connectivity index is 1.41. The number of hydrogen-bond acceptors (Lipinski definition) is 4. The van der Waals surface area contributed by atoms with Crippen molar-refractivity contribution in [2.24, 2.45) is 5.92 Å². The van der Waals surface area contributed by atoms with Crippen LogP contribution in [0.5, 0.6) is 5.75 Å². The van der Waals surface area contributed by atoms with Gasteiger partial charge in [-0.25, -0.2) is 9.59 Å². The lowest BCUT2D eigenvalue weighted by atomic mass is 10.1. The minimum atomic E-state index is -0.450. The Bertz CT molecular complexity index is 1160. The highest BCUT2D eigenvalue weighted by atomic mass is 16.5. The van der Waals surface area contributed by atoms with Gasteiger partial charge in [0.05, 0.1) is 13.2 Å². The van der Waals surface area contributed by atoms with Gasteiger partial charge in [-0.05, 0) is 72.0 Å². The van der Waals surface area contributed by atoms with Crippen molar-refractivity contribution in [1.29, 1.82) is 0 Å². The third-order valence-electron chi connectivity index (χ3n) is 6.68. The van der Waals surface area contributed by atoms with Crippen molar-refractivity contribution >= 4 is 29.2 Å². The molecular formula is C33H43N3O4. The van der Waals surface area contributed by atoms with Crippen LogP contribution in [0.4, 0.5) is 26.7 Å². The lowest BCUT2D eigenvalue weighted by Gasteiger charge is -2.11. The Kier molecular flexibility index (Phi) is 12.9. The molecule has 0 fully saturated rings. The molecule has 0 heterocycles. The molecule has 0 saturated heterocycles. The van der Waals surface area contributed by atoms with E-state index in [1.165, 1.54) is 32.1 Å². The summed E-state index contributed by atoms with van der Waals surface area (Å²) in [4.78, 5) is 24.4. The van der Waals surface area contributed by atoms with Crippen LogP contribution in [-0.4, -0.2) is 25.3 Å². The fourth-order valence-electron chi connectivity index (χ4n) is 3.98. The van der Waals surface area contributed by atoms with E-state index in [9.17, 15) is 9.59 Å². The number of amides is 3. The highest BCUT2D eigenvalue weighted by molar-refractivity contribution is 5.99. The van der Waals surface area contributed by atoms with E-state index < -0.39 is 6.09 Å². The fraction of sp³-hybridized carbons (Fsp3) is 0.394. The van der Waals surface area contributed by atoms with E-state index in [0.29, 0.717) is 36.2 Å². The number of benzene rings is 3. The Morgan fingerprint density at radius 3 is 1.73 bits per heavy atom. The summed E-state index contributed by atoms with van der Waals surface area (Å²) in [6.45, 7) is 7.45. The molecule has 1 unspecified atom stereocenters. The van der Waals surface area contributed by atoms with Crippen LogP contribution in [0.1, 0.15) is 65.7 Å². The molecule has 214 valence electrons. The van der Waals surface area contributed by atoms with Crippen molar-refractivity contribution in [3.63, 3.8) is 0 Å². The average Bonchev–Trinajstić information content (AvgIpc) is 2.97. The topological polar surface area (TPSA) is 88.7 Å². The summed E-state index contributed by atoms with van der Waals surface area (Å²) in [5.74, 6) is 1.14. The van der Waals surface area contributed by atoms with E-state index in [-0.39, 0.29) is 6.03 Å². The summed E-state index contributed by atoms with van der Waals surface area (Å²) in [6.07, 6.45) is 7.90. The normalized spacial score (nSPS) is 11.4. The Morgan fingerprint density at radius 1 is 0.675 bits per heavy atom. The zero-order valence-electron chi connectivity index (χ0n) is 24.0. The molecule has 0 saturated carbocycles. The second-order valence-electron chi connectivity index (χ2n) is 10.1. The molecule has 7 heteroatoms. The van der Waals surface area contributed by atoms with Crippen LogP contribution in [0, 0.1) is 5.92 Å². The summed E-state index contributed by atoms with van der Waals surface area (Å²) in [5.41, 5.74) is 4.04. The Morgan fingerprint density at radius 2 is 1.18 bits per heavy atom. The molecule has 0 aliphatic heterocycles. The molecule has 40 heavy (non-hydrogen) atoms. The van der Waals surface area contributed by atoms with Crippen LogP contribution in [0.15, 0.2) is 72.8 Å². The SMILES string of the molecule is CCCCCCCCOc1ccc(NC(=O)Nc2ccc(-c3ccc(NC(=O)OCC(C)CC)cc3)cc2)cc1. The quantitative estimate of drug-likeness (QED) is 0.166. The zero-order valence-corrected chi connectivity index (χ0v) is 24.0. The number of carbonyl (C=O) groups excluding carboxylic acids is 2. The number of rotatable bonds is 15. The van der Waals surface area contributed by atoms with Crippen molar-refractivity contribution in [2.45, 2.75) is 65.7 Å². The van der Waals surface area contributed by atoms with E-state index in [1.807, 2.05) is 79.7 Å². The van der Waals surface area contributed by atoms with Crippen molar-refractivity contribution in [3.8, 4) is 16.9 Å². The minimum Gasteiger partial charge on any atom is -0.494 e. The first-order valence-corrected chi connectivity index (χ1v) is 14.4. The molecule has 3 amide bonds. The van der Waals surface area contributed by atoms with Crippen molar-refractivity contribution in [2.75, 3.05) is 29.2 Å². The summed E-state index contributed by atoms with van der Waals surface area (Å²) in [6, 6.07) is 22.2. The Labute approximate surface area is 238 Å². The van der Waals surface area contributed by atoms with E-state index in [0.717, 1.165) is 29.7 Å². The third-order valence-corrected chi connectivity index (χ3v) is 6.68. The van der Waals surface area contributed by atoms with Crippen molar-refractivity contribution < 1.29 is 19.1 Å². The molecule has 0 aromatic heterocycles. The molecule has 1 atom stereocenters. The summed E-state index contributed by atoms with van der Waals surface area (Å²) < 4.78 is 11.0. The maximum atomic E-state index is 12.5. The van der Waals surface area contributed by atoms with Crippen LogP contribution in [0.25, 0.3) is 11.1 Å². The second-order valence-corrected chi connectivity index (χ2v) is 10.1. The number of carbonyl (C=O) groups is 2. The largest absolute Gasteiger partial charge is 0.494 e. The smallest absolute Gasteiger partial charge is 0.411 e. The van der Waals surface area contributed by atoms with Gasteiger partial charge in [-0.3, -0.25) is 5.32 Å². The summed E-state index contributed by atoms with van der Waals surface area (Å²) in [5, 5.41) is 8.46. The Hall–Kier alpha value is -4.00. The molecule has 7 nitrogen and oxygen atoms in total. The highest BCUT2D eigenvalue weighted by Gasteiger charge is 2.08. The van der Waals surface area contributed by atoms with Gasteiger partial charge >= 0.3 is 12.1 Å². The van der Waals surface area contributed by atoms with Crippen LogP contribution in [0.3, 0.4) is 0 Å². The molecule has 0 radical (unpaired) electrons. The predicted molar refractivity (Wildman–Crippen MR) is 164 cm³/mol. The molecule has 0 spiro atoms. The first kappa shape index (κ1) is 30.5. The van der Waals surface area contributed by atoms with E-state index >= 15 is 0 Å². The first-order chi connectivity index (χ1) is 19.5. The lowest BCUT2D eigenvalue weighted by molar-refractivity contribution is 0.143.